The van der Waals surface area contributed by atoms with Crippen LogP contribution < -0.4 is 5.32 Å². The van der Waals surface area contributed by atoms with Crippen LogP contribution in [0.2, 0.25) is 0 Å². The molecule has 76 valence electrons. The van der Waals surface area contributed by atoms with Gasteiger partial charge in [0.05, 0.1) is 0 Å². The average Bonchev–Trinajstić information content (AvgIpc) is 1.95. The fourth-order valence-electron chi connectivity index (χ4n) is 1.81. The Labute approximate surface area is 80.5 Å². The van der Waals surface area contributed by atoms with Crippen molar-refractivity contribution in [2.24, 2.45) is 11.8 Å². The van der Waals surface area contributed by atoms with E-state index in [0.29, 0.717) is 0 Å². The van der Waals surface area contributed by atoms with Crippen molar-refractivity contribution in [3.05, 3.63) is 0 Å². The summed E-state index contributed by atoms with van der Waals surface area (Å²) < 4.78 is 0. The van der Waals surface area contributed by atoms with Crippen molar-refractivity contribution in [2.45, 2.75) is 27.2 Å². The third-order valence-corrected chi connectivity index (χ3v) is 2.38. The summed E-state index contributed by atoms with van der Waals surface area (Å²) in [5, 5.41) is 2.81. The maximum atomic E-state index is 11.3. The van der Waals surface area contributed by atoms with E-state index in [1.807, 2.05) is 11.8 Å². The molecule has 1 saturated heterocycles. The summed E-state index contributed by atoms with van der Waals surface area (Å²) in [7, 11) is 0. The fourth-order valence-corrected chi connectivity index (χ4v) is 1.81. The maximum absolute atomic E-state index is 11.3. The van der Waals surface area contributed by atoms with Crippen LogP contribution in [-0.2, 0) is 0 Å². The highest BCUT2D eigenvalue weighted by atomic mass is 16.2. The minimum atomic E-state index is 0.0995. The molecule has 1 heterocycles. The number of carbonyl (C=O) groups is 1. The van der Waals surface area contributed by atoms with Crippen LogP contribution >= 0.6 is 0 Å². The molecule has 0 aromatic heterocycles. The highest BCUT2D eigenvalue weighted by Crippen LogP contribution is 2.22. The summed E-state index contributed by atoms with van der Waals surface area (Å²) in [5.41, 5.74) is 0. The first-order chi connectivity index (χ1) is 6.13. The minimum absolute atomic E-state index is 0.0995. The number of hydrogen-bond donors (Lipinski definition) is 1. The van der Waals surface area contributed by atoms with Crippen molar-refractivity contribution in [3.8, 4) is 0 Å². The molecule has 0 aromatic rings. The predicted molar refractivity (Wildman–Crippen MR) is 53.6 cm³/mol. The molecule has 1 N–H and O–H groups in total. The molecule has 1 fully saturated rings. The molecule has 1 aliphatic heterocycles. The van der Waals surface area contributed by atoms with Crippen molar-refractivity contribution in [3.63, 3.8) is 0 Å². The van der Waals surface area contributed by atoms with Gasteiger partial charge in [0.25, 0.3) is 0 Å². The van der Waals surface area contributed by atoms with Crippen molar-refractivity contribution >= 4 is 6.03 Å². The van der Waals surface area contributed by atoms with Gasteiger partial charge in [-0.1, -0.05) is 13.8 Å². The van der Waals surface area contributed by atoms with Crippen LogP contribution in [0.1, 0.15) is 27.2 Å². The van der Waals surface area contributed by atoms with E-state index in [1.165, 1.54) is 6.42 Å². The average molecular weight is 184 g/mol. The van der Waals surface area contributed by atoms with Gasteiger partial charge < -0.3 is 10.2 Å². The van der Waals surface area contributed by atoms with Crippen molar-refractivity contribution in [2.75, 3.05) is 19.6 Å². The van der Waals surface area contributed by atoms with Crippen LogP contribution in [0.3, 0.4) is 0 Å². The number of urea groups is 1. The Morgan fingerprint density at radius 3 is 2.62 bits per heavy atom. The minimum Gasteiger partial charge on any atom is -0.338 e. The lowest BCUT2D eigenvalue weighted by molar-refractivity contribution is 0.108. The van der Waals surface area contributed by atoms with Crippen LogP contribution in [0, 0.1) is 11.8 Å². The van der Waals surface area contributed by atoms with E-state index in [4.69, 9.17) is 0 Å². The molecule has 0 spiro atoms. The number of carbonyl (C=O) groups excluding carboxylic acids is 1. The maximum Gasteiger partial charge on any atom is 0.317 e. The largest absolute Gasteiger partial charge is 0.338 e. The lowest BCUT2D eigenvalue weighted by Crippen LogP contribution is -2.53. The lowest BCUT2D eigenvalue weighted by atomic mass is 9.91. The van der Waals surface area contributed by atoms with Gasteiger partial charge in [-0.15, -0.1) is 0 Å². The molecule has 0 unspecified atom stereocenters. The topological polar surface area (TPSA) is 32.3 Å². The molecule has 3 nitrogen and oxygen atoms in total. The Kier molecular flexibility index (Phi) is 3.58. The number of nitrogens with one attached hydrogen (secondary N) is 1. The van der Waals surface area contributed by atoms with Gasteiger partial charge >= 0.3 is 6.03 Å². The van der Waals surface area contributed by atoms with Crippen molar-refractivity contribution in [1.29, 1.82) is 0 Å². The van der Waals surface area contributed by atoms with Gasteiger partial charge in [0, 0.05) is 19.6 Å². The molecule has 2 amide bonds. The summed E-state index contributed by atoms with van der Waals surface area (Å²) in [6.45, 7) is 9.03. The van der Waals surface area contributed by atoms with E-state index in [2.05, 4.69) is 19.2 Å². The Balaban J connectivity index is 2.14. The Bertz CT molecular complexity index is 174. The van der Waals surface area contributed by atoms with Crippen molar-refractivity contribution < 1.29 is 4.79 Å². The SMILES string of the molecule is CCNC(=O)N1CC(CC(C)C)C1. The van der Waals surface area contributed by atoms with E-state index in [9.17, 15) is 4.79 Å². The monoisotopic (exact) mass is 184 g/mol. The van der Waals surface area contributed by atoms with E-state index >= 15 is 0 Å². The van der Waals surface area contributed by atoms with Gasteiger partial charge in [0.15, 0.2) is 0 Å². The van der Waals surface area contributed by atoms with Crippen LogP contribution in [0.25, 0.3) is 0 Å². The molecule has 0 radical (unpaired) electrons. The van der Waals surface area contributed by atoms with E-state index in [1.54, 1.807) is 0 Å². The number of hydrogen-bond acceptors (Lipinski definition) is 1. The summed E-state index contributed by atoms with van der Waals surface area (Å²) >= 11 is 0. The molecule has 0 aromatic carbocycles. The fraction of sp³-hybridized carbons (Fsp3) is 0.900. The standard InChI is InChI=1S/C10H20N2O/c1-4-11-10(13)12-6-9(7-12)5-8(2)3/h8-9H,4-7H2,1-3H3,(H,11,13). The van der Waals surface area contributed by atoms with E-state index in [-0.39, 0.29) is 6.03 Å². The van der Waals surface area contributed by atoms with E-state index in [0.717, 1.165) is 31.5 Å². The molecule has 1 aliphatic rings. The molecule has 1 rings (SSSR count). The zero-order chi connectivity index (χ0) is 9.84. The van der Waals surface area contributed by atoms with Gasteiger partial charge in [0.1, 0.15) is 0 Å². The molecular weight excluding hydrogens is 164 g/mol. The lowest BCUT2D eigenvalue weighted by Gasteiger charge is -2.39. The normalized spacial score (nSPS) is 17.4. The second kappa shape index (κ2) is 4.49. The zero-order valence-electron chi connectivity index (χ0n) is 8.84. The molecule has 13 heavy (non-hydrogen) atoms. The van der Waals surface area contributed by atoms with Crippen LogP contribution in [0.15, 0.2) is 0 Å². The molecule has 0 atom stereocenters. The zero-order valence-corrected chi connectivity index (χ0v) is 8.84. The van der Waals surface area contributed by atoms with Gasteiger partial charge in [-0.25, -0.2) is 4.79 Å². The summed E-state index contributed by atoms with van der Waals surface area (Å²) in [6.07, 6.45) is 1.25. The summed E-state index contributed by atoms with van der Waals surface area (Å²) in [4.78, 5) is 13.2. The number of nitrogens with zero attached hydrogens (tertiary/aromatic N) is 1. The molecule has 0 bridgehead atoms. The van der Waals surface area contributed by atoms with Crippen LogP contribution in [0.5, 0.6) is 0 Å². The molecule has 0 aliphatic carbocycles. The highest BCUT2D eigenvalue weighted by Gasteiger charge is 2.30. The first-order valence-corrected chi connectivity index (χ1v) is 5.16. The molecular formula is C10H20N2O. The second-order valence-corrected chi connectivity index (χ2v) is 4.24. The quantitative estimate of drug-likeness (QED) is 0.711. The molecule has 3 heteroatoms. The third kappa shape index (κ3) is 2.90. The molecule has 0 saturated carbocycles. The summed E-state index contributed by atoms with van der Waals surface area (Å²) in [5.74, 6) is 1.49. The van der Waals surface area contributed by atoms with E-state index < -0.39 is 0 Å². The first kappa shape index (κ1) is 10.4. The number of amides is 2. The summed E-state index contributed by atoms with van der Waals surface area (Å²) in [6, 6.07) is 0.0995. The van der Waals surface area contributed by atoms with Gasteiger partial charge in [-0.3, -0.25) is 0 Å². The van der Waals surface area contributed by atoms with Gasteiger partial charge in [-0.2, -0.15) is 0 Å². The number of rotatable bonds is 3. The highest BCUT2D eigenvalue weighted by molar-refractivity contribution is 5.74. The van der Waals surface area contributed by atoms with Crippen molar-refractivity contribution in [1.82, 2.24) is 10.2 Å². The van der Waals surface area contributed by atoms with Gasteiger partial charge in [-0.05, 0) is 25.2 Å². The third-order valence-electron chi connectivity index (χ3n) is 2.38. The van der Waals surface area contributed by atoms with Gasteiger partial charge in [0.2, 0.25) is 0 Å². The van der Waals surface area contributed by atoms with Crippen LogP contribution in [-0.4, -0.2) is 30.6 Å². The number of likely N-dealkylation sites (tertiary alicyclic amines) is 1. The predicted octanol–water partition coefficient (Wildman–Crippen LogP) is 1.69. The van der Waals surface area contributed by atoms with Crippen LogP contribution in [0.4, 0.5) is 4.79 Å². The Morgan fingerprint density at radius 2 is 2.15 bits per heavy atom. The first-order valence-electron chi connectivity index (χ1n) is 5.16. The Morgan fingerprint density at radius 1 is 1.54 bits per heavy atom. The Hall–Kier alpha value is -0.730. The smallest absolute Gasteiger partial charge is 0.317 e. The second-order valence-electron chi connectivity index (χ2n) is 4.24.